The summed E-state index contributed by atoms with van der Waals surface area (Å²) in [7, 11) is 0. The summed E-state index contributed by atoms with van der Waals surface area (Å²) in [6.07, 6.45) is 0. The Kier molecular flexibility index (Phi) is 7.98. The summed E-state index contributed by atoms with van der Waals surface area (Å²) >= 11 is 6.28. The first-order chi connectivity index (χ1) is 12.5. The maximum absolute atomic E-state index is 10.8. The third kappa shape index (κ3) is 5.80. The highest BCUT2D eigenvalue weighted by Crippen LogP contribution is 2.31. The normalized spacial score (nSPS) is 9.81. The van der Waals surface area contributed by atoms with Gasteiger partial charge in [-0.3, -0.25) is 4.79 Å². The van der Waals surface area contributed by atoms with Crippen LogP contribution >= 0.6 is 31.9 Å². The Labute approximate surface area is 171 Å². The van der Waals surface area contributed by atoms with Gasteiger partial charge in [-0.05, 0) is 70.0 Å². The number of benzene rings is 2. The molecule has 3 N–H and O–H groups in total. The minimum absolute atomic E-state index is 0.0186. The Morgan fingerprint density at radius 3 is 1.74 bits per heavy atom. The molecule has 2 aromatic rings. The Hall–Kier alpha value is -2.39. The maximum Gasteiger partial charge on any atom is 0.336 e. The summed E-state index contributed by atoms with van der Waals surface area (Å²) in [4.78, 5) is 32.2. The van der Waals surface area contributed by atoms with Crippen molar-refractivity contribution in [1.82, 2.24) is 0 Å². The van der Waals surface area contributed by atoms with E-state index in [1.165, 1.54) is 31.2 Å². The predicted molar refractivity (Wildman–Crippen MR) is 105 cm³/mol. The van der Waals surface area contributed by atoms with E-state index in [4.69, 9.17) is 14.9 Å². The molecular weight excluding hydrogens is 488 g/mol. The number of hydrogen-bond acceptors (Lipinski definition) is 5. The molecule has 0 saturated carbocycles. The number of hydrogen-bond donors (Lipinski definition) is 3. The number of carbonyl (C=O) groups is 3. The molecular formula is C18H16Br2O7. The van der Waals surface area contributed by atoms with Crippen molar-refractivity contribution in [2.24, 2.45) is 0 Å². The van der Waals surface area contributed by atoms with Crippen LogP contribution in [0, 0.1) is 13.8 Å². The van der Waals surface area contributed by atoms with Gasteiger partial charge < -0.3 is 20.1 Å². The highest BCUT2D eigenvalue weighted by molar-refractivity contribution is 9.10. The second-order valence-electron chi connectivity index (χ2n) is 5.32. The highest BCUT2D eigenvalue weighted by atomic mass is 79.9. The van der Waals surface area contributed by atoms with Gasteiger partial charge >= 0.3 is 17.9 Å². The van der Waals surface area contributed by atoms with E-state index < -0.39 is 17.9 Å². The lowest BCUT2D eigenvalue weighted by Crippen LogP contribution is -2.07. The van der Waals surface area contributed by atoms with E-state index in [0.29, 0.717) is 20.1 Å². The zero-order valence-electron chi connectivity index (χ0n) is 14.5. The number of aromatic hydroxyl groups is 1. The molecule has 0 spiro atoms. The zero-order chi connectivity index (χ0) is 20.9. The van der Waals surface area contributed by atoms with E-state index >= 15 is 0 Å². The number of carboxylic acids is 2. The van der Waals surface area contributed by atoms with Gasteiger partial charge in [-0.1, -0.05) is 0 Å². The summed E-state index contributed by atoms with van der Waals surface area (Å²) in [5.74, 6) is -2.33. The number of ether oxygens (including phenoxy) is 1. The molecule has 2 rings (SSSR count). The first-order valence-corrected chi connectivity index (χ1v) is 8.98. The van der Waals surface area contributed by atoms with Crippen molar-refractivity contribution >= 4 is 49.8 Å². The van der Waals surface area contributed by atoms with Gasteiger partial charge in [0, 0.05) is 18.1 Å². The van der Waals surface area contributed by atoms with Crippen LogP contribution in [0.5, 0.6) is 11.5 Å². The number of esters is 1. The molecule has 0 aliphatic heterocycles. The minimum atomic E-state index is -1.05. The van der Waals surface area contributed by atoms with E-state index in [1.54, 1.807) is 13.8 Å². The summed E-state index contributed by atoms with van der Waals surface area (Å²) in [5, 5.41) is 26.8. The van der Waals surface area contributed by atoms with Crippen molar-refractivity contribution in [1.29, 1.82) is 0 Å². The van der Waals surface area contributed by atoms with Crippen molar-refractivity contribution in [3.05, 3.63) is 55.5 Å². The summed E-state index contributed by atoms with van der Waals surface area (Å²) in [5.41, 5.74) is 1.04. The zero-order valence-corrected chi connectivity index (χ0v) is 17.7. The van der Waals surface area contributed by atoms with Crippen LogP contribution < -0.4 is 4.74 Å². The molecule has 0 unspecified atom stereocenters. The Morgan fingerprint density at radius 1 is 0.852 bits per heavy atom. The second-order valence-corrected chi connectivity index (χ2v) is 7.03. The van der Waals surface area contributed by atoms with Crippen molar-refractivity contribution in [2.45, 2.75) is 20.8 Å². The van der Waals surface area contributed by atoms with E-state index in [0.717, 1.165) is 0 Å². The second kappa shape index (κ2) is 9.52. The molecule has 0 radical (unpaired) electrons. The van der Waals surface area contributed by atoms with Crippen molar-refractivity contribution in [3.8, 4) is 11.5 Å². The van der Waals surface area contributed by atoms with Crippen LogP contribution in [0.1, 0.15) is 38.8 Å². The van der Waals surface area contributed by atoms with Gasteiger partial charge in [-0.25, -0.2) is 9.59 Å². The van der Waals surface area contributed by atoms with E-state index in [1.807, 2.05) is 0 Å². The molecule has 2 aromatic carbocycles. The molecule has 9 heteroatoms. The molecule has 144 valence electrons. The largest absolute Gasteiger partial charge is 0.506 e. The van der Waals surface area contributed by atoms with Crippen molar-refractivity contribution < 1.29 is 34.4 Å². The first kappa shape index (κ1) is 22.7. The summed E-state index contributed by atoms with van der Waals surface area (Å²) in [6.45, 7) is 4.41. The third-order valence-electron chi connectivity index (χ3n) is 3.45. The standard InChI is InChI=1S/C10H9BrO4.C8H7BrO3/c1-5-7(10(13)14)3-4-8(11)9(5)15-6(2)12;1-4-5(8(11)12)2-3-6(9)7(4)10/h3-4H,1-2H3,(H,13,14);2-3,10H,1H3,(H,11,12). The van der Waals surface area contributed by atoms with Crippen LogP contribution in [0.2, 0.25) is 0 Å². The fraction of sp³-hybridized carbons (Fsp3) is 0.167. The SMILES string of the molecule is CC(=O)Oc1c(Br)ccc(C(=O)O)c1C.Cc1c(C(=O)O)ccc(Br)c1O. The monoisotopic (exact) mass is 502 g/mol. The lowest BCUT2D eigenvalue weighted by Gasteiger charge is -2.09. The lowest BCUT2D eigenvalue weighted by molar-refractivity contribution is -0.132. The van der Waals surface area contributed by atoms with Crippen LogP contribution in [-0.4, -0.2) is 33.2 Å². The van der Waals surface area contributed by atoms with Crippen LogP contribution in [-0.2, 0) is 4.79 Å². The summed E-state index contributed by atoms with van der Waals surface area (Å²) < 4.78 is 5.98. The topological polar surface area (TPSA) is 121 Å². The van der Waals surface area contributed by atoms with E-state index in [9.17, 15) is 19.5 Å². The molecule has 0 aliphatic rings. The highest BCUT2D eigenvalue weighted by Gasteiger charge is 2.15. The molecule has 0 bridgehead atoms. The number of aromatic carboxylic acids is 2. The quantitative estimate of drug-likeness (QED) is 0.415. The van der Waals surface area contributed by atoms with Gasteiger partial charge in [-0.15, -0.1) is 0 Å². The smallest absolute Gasteiger partial charge is 0.336 e. The van der Waals surface area contributed by atoms with Gasteiger partial charge in [0.1, 0.15) is 11.5 Å². The molecule has 0 fully saturated rings. The number of phenolic OH excluding ortho intramolecular Hbond substituents is 1. The molecule has 0 heterocycles. The maximum atomic E-state index is 10.8. The molecule has 27 heavy (non-hydrogen) atoms. The number of rotatable bonds is 3. The van der Waals surface area contributed by atoms with Gasteiger partial charge in [0.15, 0.2) is 0 Å². The minimum Gasteiger partial charge on any atom is -0.506 e. The molecule has 0 aliphatic carbocycles. The van der Waals surface area contributed by atoms with Crippen LogP contribution in [0.25, 0.3) is 0 Å². The predicted octanol–water partition coefficient (Wildman–Crippen LogP) is 4.54. The van der Waals surface area contributed by atoms with Gasteiger partial charge in [0.25, 0.3) is 0 Å². The Morgan fingerprint density at radius 2 is 1.30 bits per heavy atom. The van der Waals surface area contributed by atoms with Crippen LogP contribution in [0.3, 0.4) is 0 Å². The average molecular weight is 504 g/mol. The average Bonchev–Trinajstić information content (AvgIpc) is 2.56. The fourth-order valence-electron chi connectivity index (χ4n) is 2.06. The fourth-order valence-corrected chi connectivity index (χ4v) is 3.00. The Bertz CT molecular complexity index is 907. The third-order valence-corrected chi connectivity index (χ3v) is 4.71. The first-order valence-electron chi connectivity index (χ1n) is 7.39. The number of phenols is 1. The van der Waals surface area contributed by atoms with Gasteiger partial charge in [0.2, 0.25) is 0 Å². The molecule has 7 nitrogen and oxygen atoms in total. The van der Waals surface area contributed by atoms with Gasteiger partial charge in [0.05, 0.1) is 20.1 Å². The number of halogens is 2. The van der Waals surface area contributed by atoms with Crippen molar-refractivity contribution in [2.75, 3.05) is 0 Å². The number of carbonyl (C=O) groups excluding carboxylic acids is 1. The molecule has 0 aromatic heterocycles. The van der Waals surface area contributed by atoms with Gasteiger partial charge in [-0.2, -0.15) is 0 Å². The number of carboxylic acid groups (broad SMARTS) is 2. The molecule has 0 amide bonds. The van der Waals surface area contributed by atoms with Crippen LogP contribution in [0.4, 0.5) is 0 Å². The summed E-state index contributed by atoms with van der Waals surface area (Å²) in [6, 6.07) is 5.94. The lowest BCUT2D eigenvalue weighted by atomic mass is 10.1. The molecule has 0 saturated heterocycles. The Balaban J connectivity index is 0.000000277. The van der Waals surface area contributed by atoms with Crippen molar-refractivity contribution in [3.63, 3.8) is 0 Å². The van der Waals surface area contributed by atoms with E-state index in [-0.39, 0.29) is 22.6 Å². The van der Waals surface area contributed by atoms with E-state index in [2.05, 4.69) is 31.9 Å². The molecule has 0 atom stereocenters. The van der Waals surface area contributed by atoms with Crippen LogP contribution in [0.15, 0.2) is 33.2 Å².